The summed E-state index contributed by atoms with van der Waals surface area (Å²) < 4.78 is 16.1. The third kappa shape index (κ3) is 3.10. The van der Waals surface area contributed by atoms with Crippen LogP contribution in [0.4, 0.5) is 4.39 Å². The summed E-state index contributed by atoms with van der Waals surface area (Å²) in [4.78, 5) is 19.0. The highest BCUT2D eigenvalue weighted by Crippen LogP contribution is 2.25. The number of hydrogen-bond acceptors (Lipinski definition) is 3. The minimum absolute atomic E-state index is 0.229. The molecule has 0 fully saturated rings. The molecule has 24 heavy (non-hydrogen) atoms. The zero-order valence-corrected chi connectivity index (χ0v) is 14.5. The van der Waals surface area contributed by atoms with Crippen molar-refractivity contribution >= 4 is 17.2 Å². The summed E-state index contributed by atoms with van der Waals surface area (Å²) in [6.07, 6.45) is 3.41. The Morgan fingerprint density at radius 3 is 2.67 bits per heavy atom. The van der Waals surface area contributed by atoms with Crippen molar-refractivity contribution in [1.82, 2.24) is 14.9 Å². The van der Waals surface area contributed by atoms with Crippen LogP contribution in [0.5, 0.6) is 0 Å². The Morgan fingerprint density at radius 1 is 1.33 bits per heavy atom. The van der Waals surface area contributed by atoms with Gasteiger partial charge in [-0.3, -0.25) is 4.79 Å². The van der Waals surface area contributed by atoms with Gasteiger partial charge >= 0.3 is 0 Å². The van der Waals surface area contributed by atoms with Crippen molar-refractivity contribution in [2.75, 3.05) is 0 Å². The second kappa shape index (κ2) is 6.57. The summed E-state index contributed by atoms with van der Waals surface area (Å²) in [6, 6.07) is 7.63. The molecule has 124 valence electrons. The van der Waals surface area contributed by atoms with E-state index >= 15 is 0 Å². The molecular formula is C18H18FN3OS. The predicted octanol–water partition coefficient (Wildman–Crippen LogP) is 3.76. The van der Waals surface area contributed by atoms with Crippen LogP contribution in [0.3, 0.4) is 0 Å². The molecule has 0 aliphatic heterocycles. The average molecular weight is 343 g/mol. The normalized spacial score (nSPS) is 12.2. The molecule has 2 aromatic heterocycles. The Morgan fingerprint density at radius 2 is 2.08 bits per heavy atom. The van der Waals surface area contributed by atoms with E-state index in [0.29, 0.717) is 17.0 Å². The van der Waals surface area contributed by atoms with Gasteiger partial charge in [-0.1, -0.05) is 18.2 Å². The molecule has 1 aromatic carbocycles. The molecule has 2 heterocycles. The number of nitrogens with zero attached hydrogens (tertiary/aromatic N) is 2. The first-order valence-corrected chi connectivity index (χ1v) is 8.38. The minimum Gasteiger partial charge on any atom is -0.338 e. The van der Waals surface area contributed by atoms with Crippen LogP contribution in [0.25, 0.3) is 0 Å². The molecule has 1 N–H and O–H groups in total. The zero-order valence-electron chi connectivity index (χ0n) is 13.7. The SMILES string of the molecule is Cc1cc(C(=O)NC(c2ccccc2F)c2nccn2C)c(C)s1. The van der Waals surface area contributed by atoms with E-state index < -0.39 is 6.04 Å². The number of carbonyl (C=O) groups is 1. The Kier molecular flexibility index (Phi) is 4.49. The lowest BCUT2D eigenvalue weighted by Crippen LogP contribution is -2.31. The Balaban J connectivity index is 2.00. The molecule has 0 bridgehead atoms. The summed E-state index contributed by atoms with van der Waals surface area (Å²) >= 11 is 1.57. The Labute approximate surface area is 144 Å². The second-order valence-electron chi connectivity index (χ2n) is 5.65. The molecule has 3 rings (SSSR count). The summed E-state index contributed by atoms with van der Waals surface area (Å²) in [5.74, 6) is -0.0184. The largest absolute Gasteiger partial charge is 0.338 e. The number of hydrogen-bond donors (Lipinski definition) is 1. The lowest BCUT2D eigenvalue weighted by Gasteiger charge is -2.19. The van der Waals surface area contributed by atoms with Gasteiger partial charge in [0.05, 0.1) is 5.56 Å². The van der Waals surface area contributed by atoms with E-state index in [0.717, 1.165) is 9.75 Å². The van der Waals surface area contributed by atoms with E-state index in [1.54, 1.807) is 46.5 Å². The van der Waals surface area contributed by atoms with E-state index in [1.165, 1.54) is 6.07 Å². The minimum atomic E-state index is -0.654. The fraction of sp³-hybridized carbons (Fsp3) is 0.222. The van der Waals surface area contributed by atoms with Crippen molar-refractivity contribution in [2.45, 2.75) is 19.9 Å². The van der Waals surface area contributed by atoms with Crippen LogP contribution in [0.15, 0.2) is 42.7 Å². The predicted molar refractivity (Wildman–Crippen MR) is 92.7 cm³/mol. The van der Waals surface area contributed by atoms with Crippen LogP contribution in [-0.4, -0.2) is 15.5 Å². The van der Waals surface area contributed by atoms with Gasteiger partial charge < -0.3 is 9.88 Å². The first-order chi connectivity index (χ1) is 11.5. The molecule has 1 atom stereocenters. The molecule has 6 heteroatoms. The van der Waals surface area contributed by atoms with Gasteiger partial charge in [0.2, 0.25) is 0 Å². The van der Waals surface area contributed by atoms with Crippen molar-refractivity contribution in [1.29, 1.82) is 0 Å². The monoisotopic (exact) mass is 343 g/mol. The molecule has 0 saturated carbocycles. The number of rotatable bonds is 4. The molecular weight excluding hydrogens is 325 g/mol. The highest BCUT2D eigenvalue weighted by atomic mass is 32.1. The van der Waals surface area contributed by atoms with Crippen molar-refractivity contribution in [3.63, 3.8) is 0 Å². The van der Waals surface area contributed by atoms with Crippen LogP contribution in [0.2, 0.25) is 0 Å². The van der Waals surface area contributed by atoms with E-state index in [9.17, 15) is 9.18 Å². The summed E-state index contributed by atoms with van der Waals surface area (Å²) in [7, 11) is 1.82. The Bertz CT molecular complexity index is 884. The van der Waals surface area contributed by atoms with Crippen molar-refractivity contribution in [2.24, 2.45) is 7.05 Å². The van der Waals surface area contributed by atoms with Gasteiger partial charge in [-0.2, -0.15) is 0 Å². The van der Waals surface area contributed by atoms with Crippen LogP contribution in [0, 0.1) is 19.7 Å². The average Bonchev–Trinajstić information content (AvgIpc) is 3.11. The van der Waals surface area contributed by atoms with Gasteiger partial charge in [-0.05, 0) is 26.0 Å². The molecule has 3 aromatic rings. The summed E-state index contributed by atoms with van der Waals surface area (Å²) in [5, 5.41) is 2.93. The van der Waals surface area contributed by atoms with Crippen molar-refractivity contribution in [3.05, 3.63) is 75.2 Å². The number of halogens is 1. The molecule has 0 saturated heterocycles. The van der Waals surface area contributed by atoms with Crippen LogP contribution in [-0.2, 0) is 7.05 Å². The quantitative estimate of drug-likeness (QED) is 0.784. The third-order valence-electron chi connectivity index (χ3n) is 3.89. The van der Waals surface area contributed by atoms with E-state index in [-0.39, 0.29) is 11.7 Å². The molecule has 0 aliphatic carbocycles. The molecule has 0 aliphatic rings. The fourth-order valence-electron chi connectivity index (χ4n) is 2.71. The van der Waals surface area contributed by atoms with Crippen LogP contribution >= 0.6 is 11.3 Å². The highest BCUT2D eigenvalue weighted by Gasteiger charge is 2.25. The maximum atomic E-state index is 14.3. The van der Waals surface area contributed by atoms with Gasteiger partial charge in [0, 0.05) is 34.8 Å². The maximum absolute atomic E-state index is 14.3. The summed E-state index contributed by atoms with van der Waals surface area (Å²) in [5.41, 5.74) is 1.01. The molecule has 1 amide bonds. The van der Waals surface area contributed by atoms with Gasteiger partial charge in [-0.25, -0.2) is 9.37 Å². The van der Waals surface area contributed by atoms with E-state index in [4.69, 9.17) is 0 Å². The van der Waals surface area contributed by atoms with Gasteiger partial charge in [0.25, 0.3) is 5.91 Å². The summed E-state index contributed by atoms with van der Waals surface area (Å²) in [6.45, 7) is 3.87. The zero-order chi connectivity index (χ0) is 17.3. The van der Waals surface area contributed by atoms with Crippen LogP contribution < -0.4 is 5.32 Å². The number of amides is 1. The number of aryl methyl sites for hydroxylation is 3. The molecule has 4 nitrogen and oxygen atoms in total. The van der Waals surface area contributed by atoms with Crippen LogP contribution in [0.1, 0.15) is 37.5 Å². The van der Waals surface area contributed by atoms with E-state index in [2.05, 4.69) is 10.3 Å². The fourth-order valence-corrected chi connectivity index (χ4v) is 3.63. The van der Waals surface area contributed by atoms with Gasteiger partial charge in [0.1, 0.15) is 17.7 Å². The van der Waals surface area contributed by atoms with Gasteiger partial charge in [-0.15, -0.1) is 11.3 Å². The number of benzene rings is 1. The standard InChI is InChI=1S/C18H18FN3OS/c1-11-10-14(12(2)24-11)18(23)21-16(17-20-8-9-22(17)3)13-6-4-5-7-15(13)19/h4-10,16H,1-3H3,(H,21,23). The number of imidazole rings is 1. The lowest BCUT2D eigenvalue weighted by molar-refractivity contribution is 0.0940. The first kappa shape index (κ1) is 16.4. The number of carbonyl (C=O) groups excluding carboxylic acids is 1. The maximum Gasteiger partial charge on any atom is 0.253 e. The Hall–Kier alpha value is -2.47. The van der Waals surface area contributed by atoms with Crippen molar-refractivity contribution in [3.8, 4) is 0 Å². The lowest BCUT2D eigenvalue weighted by atomic mass is 10.0. The second-order valence-corrected chi connectivity index (χ2v) is 7.11. The molecule has 0 radical (unpaired) electrons. The highest BCUT2D eigenvalue weighted by molar-refractivity contribution is 7.12. The van der Waals surface area contributed by atoms with Gasteiger partial charge in [0.15, 0.2) is 0 Å². The van der Waals surface area contributed by atoms with E-state index in [1.807, 2.05) is 27.0 Å². The number of nitrogens with one attached hydrogen (secondary N) is 1. The third-order valence-corrected chi connectivity index (χ3v) is 4.86. The molecule has 0 spiro atoms. The number of aromatic nitrogens is 2. The van der Waals surface area contributed by atoms with Crippen molar-refractivity contribution < 1.29 is 9.18 Å². The first-order valence-electron chi connectivity index (χ1n) is 7.57. The topological polar surface area (TPSA) is 46.9 Å². The smallest absolute Gasteiger partial charge is 0.253 e. The molecule has 1 unspecified atom stereocenters. The number of thiophene rings is 1.